The van der Waals surface area contributed by atoms with Crippen LogP contribution in [0.25, 0.3) is 0 Å². The zero-order valence-electron chi connectivity index (χ0n) is 8.98. The van der Waals surface area contributed by atoms with E-state index in [0.29, 0.717) is 15.2 Å². The van der Waals surface area contributed by atoms with Gasteiger partial charge in [0.1, 0.15) is 0 Å². The van der Waals surface area contributed by atoms with Gasteiger partial charge in [0.25, 0.3) is 0 Å². The number of aliphatic carboxylic acids is 1. The van der Waals surface area contributed by atoms with E-state index >= 15 is 0 Å². The lowest BCUT2D eigenvalue weighted by Crippen LogP contribution is -2.45. The third-order valence-corrected chi connectivity index (χ3v) is 2.79. The van der Waals surface area contributed by atoms with Gasteiger partial charge in [0, 0.05) is 4.47 Å². The maximum absolute atomic E-state index is 11.5. The second-order valence-corrected chi connectivity index (χ2v) is 4.62. The number of benzene rings is 1. The topological polar surface area (TPSA) is 98.7 Å². The summed E-state index contributed by atoms with van der Waals surface area (Å²) in [6, 6.07) is 2.70. The van der Waals surface area contributed by atoms with Crippen LogP contribution in [0.3, 0.4) is 0 Å². The van der Waals surface area contributed by atoms with E-state index in [1.54, 1.807) is 18.2 Å². The van der Waals surface area contributed by atoms with Crippen LogP contribution < -0.4 is 10.6 Å². The lowest BCUT2D eigenvalue weighted by molar-refractivity contribution is -0.140. The normalized spacial score (nSPS) is 11.7. The fourth-order valence-corrected chi connectivity index (χ4v) is 1.62. The average Bonchev–Trinajstić information content (AvgIpc) is 2.30. The second kappa shape index (κ2) is 6.58. The highest BCUT2D eigenvalue weighted by molar-refractivity contribution is 9.10. The number of urea groups is 1. The number of hydrogen-bond acceptors (Lipinski definition) is 3. The number of halogens is 2. The number of amides is 2. The maximum atomic E-state index is 11.5. The molecule has 0 radical (unpaired) electrons. The van der Waals surface area contributed by atoms with Gasteiger partial charge in [-0.1, -0.05) is 27.5 Å². The van der Waals surface area contributed by atoms with Crippen molar-refractivity contribution in [3.05, 3.63) is 27.7 Å². The van der Waals surface area contributed by atoms with Gasteiger partial charge in [-0.2, -0.15) is 0 Å². The summed E-state index contributed by atoms with van der Waals surface area (Å²) in [5, 5.41) is 22.2. The van der Waals surface area contributed by atoms with Crippen molar-refractivity contribution < 1.29 is 19.8 Å². The van der Waals surface area contributed by atoms with E-state index in [1.165, 1.54) is 0 Å². The Labute approximate surface area is 116 Å². The van der Waals surface area contributed by atoms with Gasteiger partial charge in [0.05, 0.1) is 17.3 Å². The Morgan fingerprint density at radius 1 is 1.44 bits per heavy atom. The Morgan fingerprint density at radius 3 is 2.67 bits per heavy atom. The number of anilines is 1. The van der Waals surface area contributed by atoms with Gasteiger partial charge in [-0.05, 0) is 18.2 Å². The van der Waals surface area contributed by atoms with E-state index in [0.717, 1.165) is 0 Å². The molecule has 0 saturated heterocycles. The summed E-state index contributed by atoms with van der Waals surface area (Å²) in [7, 11) is 0. The van der Waals surface area contributed by atoms with Crippen molar-refractivity contribution in [1.82, 2.24) is 5.32 Å². The van der Waals surface area contributed by atoms with Crippen LogP contribution in [-0.4, -0.2) is 34.9 Å². The molecule has 0 heterocycles. The molecule has 1 atom stereocenters. The fraction of sp³-hybridized carbons (Fsp3) is 0.200. The molecule has 8 heteroatoms. The predicted molar refractivity (Wildman–Crippen MR) is 69.8 cm³/mol. The molecular weight excluding hydrogens is 327 g/mol. The molecule has 0 fully saturated rings. The number of carbonyl (C=O) groups excluding carboxylic acids is 1. The second-order valence-electron chi connectivity index (χ2n) is 3.30. The molecule has 1 aromatic carbocycles. The standard InChI is InChI=1S/C10H10BrClN2O4/c11-5-1-2-6(12)7(3-5)13-10(18)14-8(4-15)9(16)17/h1-3,8,15H,4H2,(H,16,17)(H2,13,14,18)/t8-/m1/s1. The van der Waals surface area contributed by atoms with Crippen LogP contribution in [0.4, 0.5) is 10.5 Å². The smallest absolute Gasteiger partial charge is 0.328 e. The van der Waals surface area contributed by atoms with E-state index in [-0.39, 0.29) is 0 Å². The van der Waals surface area contributed by atoms with Crippen molar-refractivity contribution in [2.24, 2.45) is 0 Å². The number of carbonyl (C=O) groups is 2. The number of carboxylic acids is 1. The average molecular weight is 338 g/mol. The van der Waals surface area contributed by atoms with Crippen LogP contribution in [0, 0.1) is 0 Å². The number of rotatable bonds is 4. The van der Waals surface area contributed by atoms with E-state index in [4.69, 9.17) is 21.8 Å². The zero-order valence-corrected chi connectivity index (χ0v) is 11.3. The van der Waals surface area contributed by atoms with Crippen LogP contribution in [0.1, 0.15) is 0 Å². The van der Waals surface area contributed by atoms with Crippen molar-refractivity contribution in [2.75, 3.05) is 11.9 Å². The fourth-order valence-electron chi connectivity index (χ4n) is 1.10. The highest BCUT2D eigenvalue weighted by Gasteiger charge is 2.18. The number of carboxylic acid groups (broad SMARTS) is 1. The van der Waals surface area contributed by atoms with Crippen molar-refractivity contribution in [1.29, 1.82) is 0 Å². The van der Waals surface area contributed by atoms with E-state index in [2.05, 4.69) is 26.6 Å². The molecule has 0 aliphatic heterocycles. The van der Waals surface area contributed by atoms with Crippen molar-refractivity contribution in [3.63, 3.8) is 0 Å². The molecule has 18 heavy (non-hydrogen) atoms. The summed E-state index contributed by atoms with van der Waals surface area (Å²) in [5.41, 5.74) is 0.325. The van der Waals surface area contributed by atoms with Crippen LogP contribution in [-0.2, 0) is 4.79 Å². The van der Waals surface area contributed by atoms with Gasteiger partial charge >= 0.3 is 12.0 Å². The molecule has 0 bridgehead atoms. The largest absolute Gasteiger partial charge is 0.480 e. The highest BCUT2D eigenvalue weighted by atomic mass is 79.9. The Hall–Kier alpha value is -1.31. The van der Waals surface area contributed by atoms with E-state index in [1.807, 2.05) is 0 Å². The van der Waals surface area contributed by atoms with Gasteiger partial charge in [-0.3, -0.25) is 0 Å². The third-order valence-electron chi connectivity index (χ3n) is 1.96. The zero-order chi connectivity index (χ0) is 13.7. The Balaban J connectivity index is 2.70. The van der Waals surface area contributed by atoms with Crippen molar-refractivity contribution >= 4 is 45.2 Å². The number of aliphatic hydroxyl groups excluding tert-OH is 1. The van der Waals surface area contributed by atoms with Gasteiger partial charge < -0.3 is 20.8 Å². The minimum absolute atomic E-state index is 0.309. The first-order chi connectivity index (χ1) is 8.43. The summed E-state index contributed by atoms with van der Waals surface area (Å²) in [4.78, 5) is 22.1. The molecular formula is C10H10BrClN2O4. The summed E-state index contributed by atoms with van der Waals surface area (Å²) in [5.74, 6) is -1.33. The van der Waals surface area contributed by atoms with E-state index in [9.17, 15) is 9.59 Å². The molecule has 0 aliphatic rings. The van der Waals surface area contributed by atoms with Crippen LogP contribution in [0.15, 0.2) is 22.7 Å². The molecule has 6 nitrogen and oxygen atoms in total. The molecule has 4 N–H and O–H groups in total. The van der Waals surface area contributed by atoms with Crippen LogP contribution in [0.5, 0.6) is 0 Å². The molecule has 0 aliphatic carbocycles. The monoisotopic (exact) mass is 336 g/mol. The van der Waals surface area contributed by atoms with Gasteiger partial charge in [-0.15, -0.1) is 0 Å². The Bertz CT molecular complexity index is 469. The van der Waals surface area contributed by atoms with Crippen LogP contribution >= 0.6 is 27.5 Å². The summed E-state index contributed by atoms with van der Waals surface area (Å²) in [6.45, 7) is -0.699. The quantitative estimate of drug-likeness (QED) is 0.671. The van der Waals surface area contributed by atoms with Crippen LogP contribution in [0.2, 0.25) is 5.02 Å². The van der Waals surface area contributed by atoms with Crippen molar-refractivity contribution in [2.45, 2.75) is 6.04 Å². The number of hydrogen-bond donors (Lipinski definition) is 4. The maximum Gasteiger partial charge on any atom is 0.328 e. The van der Waals surface area contributed by atoms with Gasteiger partial charge in [-0.25, -0.2) is 9.59 Å². The Morgan fingerprint density at radius 2 is 2.11 bits per heavy atom. The first-order valence-corrected chi connectivity index (χ1v) is 5.97. The predicted octanol–water partition coefficient (Wildman–Crippen LogP) is 1.67. The summed E-state index contributed by atoms with van der Waals surface area (Å²) < 4.78 is 0.708. The first kappa shape index (κ1) is 14.7. The Kier molecular flexibility index (Phi) is 5.39. The molecule has 98 valence electrons. The molecule has 2 amide bonds. The minimum atomic E-state index is -1.36. The lowest BCUT2D eigenvalue weighted by atomic mass is 10.3. The van der Waals surface area contributed by atoms with Crippen molar-refractivity contribution in [3.8, 4) is 0 Å². The molecule has 0 spiro atoms. The molecule has 0 saturated carbocycles. The molecule has 1 aromatic rings. The summed E-state index contributed by atoms with van der Waals surface area (Å²) in [6.07, 6.45) is 0. The minimum Gasteiger partial charge on any atom is -0.480 e. The lowest BCUT2D eigenvalue weighted by Gasteiger charge is -2.13. The highest BCUT2D eigenvalue weighted by Crippen LogP contribution is 2.25. The third kappa shape index (κ3) is 4.17. The molecule has 0 unspecified atom stereocenters. The molecule has 1 rings (SSSR count). The number of aliphatic hydroxyl groups is 1. The van der Waals surface area contributed by atoms with Gasteiger partial charge in [0.15, 0.2) is 6.04 Å². The van der Waals surface area contributed by atoms with E-state index < -0.39 is 24.6 Å². The van der Waals surface area contributed by atoms with Gasteiger partial charge in [0.2, 0.25) is 0 Å². The SMILES string of the molecule is O=C(Nc1cc(Br)ccc1Cl)N[C@H](CO)C(=O)O. The first-order valence-electron chi connectivity index (χ1n) is 4.80. The number of nitrogens with one attached hydrogen (secondary N) is 2. The summed E-state index contributed by atoms with van der Waals surface area (Å²) >= 11 is 9.05. The molecule has 0 aromatic heterocycles.